The lowest BCUT2D eigenvalue weighted by Gasteiger charge is -2.32. The SMILES string of the molecule is CCCCCCCCCCCCCCCCCC(=O)N[C@@H](C)C(=O)N[C@@H](CCCN=C(N)N)C(=O)N[C@@H](CC(C)C)C(=O)N1CCC[C@H]1C(=O)N[C@@H](CCCN=C(N)N)C(=O)N[C@H](C(=O)N[C@@H](CCSC)C(=O)N[C@H](C(=O)N[C@@H](Cc1cnc[nH]1)C(=O)N[C@@H](CO)C(=O)N[C@@H](CCCCN)C(=O)N1CCC[C@H]1C(=O)N[C@@H](C)C(=O)N[C@@H](CCC(N)=O)C(=O)N1CCC[C@H]1C(=O)O)C(C)C)[C@@H](C)O. The normalized spacial score (nSPS) is 17.5. The molecule has 3 aliphatic rings. The number of likely N-dealkylation sites (tertiary alicyclic amines) is 3. The Morgan fingerprint density at radius 1 is 0.453 bits per heavy atom. The number of thioether (sulfide) groups is 1. The van der Waals surface area contributed by atoms with Crippen LogP contribution in [0.25, 0.3) is 0 Å². The average Bonchev–Trinajstić information content (AvgIpc) is 1.74. The lowest BCUT2D eigenvalue weighted by Crippen LogP contribution is -2.62. The Kier molecular flexibility index (Phi) is 55.4. The van der Waals surface area contributed by atoms with Crippen molar-refractivity contribution in [1.82, 2.24) is 88.5 Å². The van der Waals surface area contributed by atoms with Gasteiger partial charge in [0.15, 0.2) is 11.9 Å². The van der Waals surface area contributed by atoms with Gasteiger partial charge in [-0.3, -0.25) is 86.7 Å². The van der Waals surface area contributed by atoms with E-state index in [9.17, 15) is 96.8 Å². The summed E-state index contributed by atoms with van der Waals surface area (Å²) < 4.78 is 0. The van der Waals surface area contributed by atoms with Crippen molar-refractivity contribution in [1.29, 1.82) is 0 Å². The highest BCUT2D eigenvalue weighted by Gasteiger charge is 2.45. The maximum absolute atomic E-state index is 14.9. The molecule has 0 saturated carbocycles. The molecular formula is C91H159N25O20S. The first-order valence-corrected chi connectivity index (χ1v) is 50.2. The van der Waals surface area contributed by atoms with Crippen LogP contribution in [0.15, 0.2) is 22.5 Å². The molecule has 1 aromatic rings. The number of aliphatic imine (C=N–C) groups is 2. The number of carbonyl (C=O) groups is 17. The fourth-order valence-corrected chi connectivity index (χ4v) is 17.1. The van der Waals surface area contributed by atoms with Crippen LogP contribution >= 0.6 is 11.8 Å². The minimum atomic E-state index is -1.83. The predicted octanol–water partition coefficient (Wildman–Crippen LogP) is -1.54. The Bertz CT molecular complexity index is 4080. The zero-order valence-electron chi connectivity index (χ0n) is 81.6. The van der Waals surface area contributed by atoms with Gasteiger partial charge in [0.2, 0.25) is 94.5 Å². The summed E-state index contributed by atoms with van der Waals surface area (Å²) in [5, 5.41) is 63.4. The van der Waals surface area contributed by atoms with Crippen LogP contribution in [0.5, 0.6) is 0 Å². The number of imidazole rings is 1. The second kappa shape index (κ2) is 64.2. The van der Waals surface area contributed by atoms with E-state index >= 15 is 0 Å². The van der Waals surface area contributed by atoms with E-state index in [1.165, 1.54) is 119 Å². The summed E-state index contributed by atoms with van der Waals surface area (Å²) in [4.78, 5) is 257. The molecule has 0 unspecified atom stereocenters. The molecule has 3 aliphatic heterocycles. The van der Waals surface area contributed by atoms with Crippen LogP contribution in [-0.2, 0) is 87.9 Å². The van der Waals surface area contributed by atoms with Crippen LogP contribution in [0.1, 0.15) is 273 Å². The number of carboxylic acids is 1. The van der Waals surface area contributed by atoms with E-state index in [2.05, 4.69) is 90.7 Å². The highest BCUT2D eigenvalue weighted by atomic mass is 32.2. The molecule has 4 heterocycles. The molecule has 1 aromatic heterocycles. The largest absolute Gasteiger partial charge is 0.480 e. The van der Waals surface area contributed by atoms with Gasteiger partial charge in [0.05, 0.1) is 19.0 Å². The Labute approximate surface area is 808 Å². The number of guanidine groups is 2. The molecule has 16 atom stereocenters. The molecule has 137 heavy (non-hydrogen) atoms. The average molecular weight is 1960 g/mol. The number of aliphatic hydroxyl groups excluding tert-OH is 2. The molecule has 16 amide bonds. The number of nitrogens with one attached hydrogen (secondary N) is 13. The van der Waals surface area contributed by atoms with Crippen LogP contribution in [0.2, 0.25) is 0 Å². The number of aliphatic carboxylic acids is 1. The van der Waals surface area contributed by atoms with Crippen LogP contribution in [-0.4, -0.2) is 307 Å². The van der Waals surface area contributed by atoms with Crippen molar-refractivity contribution in [2.75, 3.05) is 57.9 Å². The van der Waals surface area contributed by atoms with Crippen molar-refractivity contribution in [3.8, 4) is 0 Å². The molecule has 3 fully saturated rings. The molecule has 46 heteroatoms. The second-order valence-electron chi connectivity index (χ2n) is 36.6. The fraction of sp³-hybridized carbons (Fsp3) is 0.758. The van der Waals surface area contributed by atoms with Gasteiger partial charge in [-0.25, -0.2) is 9.78 Å². The predicted molar refractivity (Wildman–Crippen MR) is 515 cm³/mol. The third kappa shape index (κ3) is 43.3. The maximum atomic E-state index is 14.9. The minimum Gasteiger partial charge on any atom is -0.480 e. The number of hydrogen-bond acceptors (Lipinski definition) is 24. The van der Waals surface area contributed by atoms with E-state index in [-0.39, 0.29) is 165 Å². The third-order valence-electron chi connectivity index (χ3n) is 24.3. The number of unbranched alkanes of at least 4 members (excludes halogenated alkanes) is 15. The highest BCUT2D eigenvalue weighted by Crippen LogP contribution is 2.26. The molecular weight excluding hydrogens is 1800 g/mol. The summed E-state index contributed by atoms with van der Waals surface area (Å²) >= 11 is 1.28. The van der Waals surface area contributed by atoms with Crippen LogP contribution in [0.4, 0.5) is 0 Å². The number of nitrogens with zero attached hydrogens (tertiary/aromatic N) is 6. The number of aliphatic hydroxyl groups is 2. The Hall–Kier alpha value is -11.0. The first kappa shape index (κ1) is 118. The van der Waals surface area contributed by atoms with E-state index in [0.29, 0.717) is 37.8 Å². The summed E-state index contributed by atoms with van der Waals surface area (Å²) in [5.41, 5.74) is 33.9. The zero-order valence-corrected chi connectivity index (χ0v) is 82.4. The number of carboxylic acid groups (broad SMARTS) is 1. The van der Waals surface area contributed by atoms with Gasteiger partial charge in [-0.05, 0) is 160 Å². The number of aromatic nitrogens is 2. The minimum absolute atomic E-state index is 0.00932. The summed E-state index contributed by atoms with van der Waals surface area (Å²) in [6.45, 7) is 12.3. The molecule has 0 spiro atoms. The molecule has 3 saturated heterocycles. The van der Waals surface area contributed by atoms with E-state index in [1.54, 1.807) is 20.1 Å². The van der Waals surface area contributed by atoms with E-state index in [1.807, 2.05) is 13.8 Å². The smallest absolute Gasteiger partial charge is 0.326 e. The molecule has 0 aliphatic carbocycles. The van der Waals surface area contributed by atoms with Gasteiger partial charge in [-0.15, -0.1) is 0 Å². The lowest BCUT2D eigenvalue weighted by molar-refractivity contribution is -0.149. The Balaban J connectivity index is 1.48. The number of H-pyrrole nitrogens is 1. The monoisotopic (exact) mass is 1950 g/mol. The maximum Gasteiger partial charge on any atom is 0.326 e. The molecule has 0 bridgehead atoms. The van der Waals surface area contributed by atoms with Gasteiger partial charge in [-0.1, -0.05) is 125 Å². The highest BCUT2D eigenvalue weighted by molar-refractivity contribution is 7.98. The van der Waals surface area contributed by atoms with Crippen LogP contribution < -0.4 is 98.2 Å². The molecule has 0 aromatic carbocycles. The van der Waals surface area contributed by atoms with Crippen molar-refractivity contribution in [2.24, 2.45) is 56.2 Å². The first-order valence-electron chi connectivity index (χ1n) is 48.8. The van der Waals surface area contributed by atoms with Gasteiger partial charge in [-0.2, -0.15) is 11.8 Å². The number of aromatic amines is 1. The first-order chi connectivity index (χ1) is 65.2. The number of primary amides is 1. The third-order valence-corrected chi connectivity index (χ3v) is 25.0. The van der Waals surface area contributed by atoms with Crippen molar-refractivity contribution in [2.45, 2.75) is 370 Å². The summed E-state index contributed by atoms with van der Waals surface area (Å²) in [6, 6.07) is -21.0. The van der Waals surface area contributed by atoms with Crippen molar-refractivity contribution in [3.63, 3.8) is 0 Å². The Morgan fingerprint density at radius 2 is 0.861 bits per heavy atom. The van der Waals surface area contributed by atoms with Gasteiger partial charge >= 0.3 is 5.97 Å². The van der Waals surface area contributed by atoms with E-state index in [0.717, 1.165) is 30.6 Å². The van der Waals surface area contributed by atoms with Crippen LogP contribution in [0, 0.1) is 11.8 Å². The topological polar surface area (TPSA) is 714 Å². The zero-order chi connectivity index (χ0) is 102. The molecule has 45 nitrogen and oxygen atoms in total. The van der Waals surface area contributed by atoms with Gasteiger partial charge < -0.3 is 133 Å². The van der Waals surface area contributed by atoms with Gasteiger partial charge in [0.25, 0.3) is 0 Å². The van der Waals surface area contributed by atoms with E-state index < -0.39 is 204 Å². The van der Waals surface area contributed by atoms with E-state index in [4.69, 9.17) is 34.4 Å². The number of nitrogens with two attached hydrogens (primary N) is 6. The Morgan fingerprint density at radius 3 is 1.34 bits per heavy atom. The number of amides is 16. The summed E-state index contributed by atoms with van der Waals surface area (Å²) in [7, 11) is 0. The number of rotatable bonds is 68. The van der Waals surface area contributed by atoms with Crippen molar-refractivity contribution in [3.05, 3.63) is 18.2 Å². The number of carbonyl (C=O) groups excluding carboxylic acids is 16. The standard InChI is InChI=1S/C91H159N25O20S/c1-10-11-12-13-14-15-16-17-18-19-20-21-22-23-24-38-72(120)102-56(6)75(121)104-60(33-27-43-99-90(94)95)77(123)110-66(49-54(2)3)88(134)115-46-30-36-69(115)83(129)105-61(34-28-44-100-91(96)97)78(124)113-74(58(8)118)85(131)106-62(41-48-137-9)79(125)112-73(55(4)5)84(130)109-65(50-59-51-98-53-101-59)80(126)111-67(52-117)81(127)108-63(32-25-26-42-92)86(132)114-45-29-35-68(114)82(128)103-57(7)76(122)107-64(39-40-71(93)119)87(133)116-47-31-37-70(116)89(135)136/h51,53-58,60-70,73-74,117-118H,10-50,52,92H2,1-9H3,(H2,93,119)(H,98,101)(H,102,120)(H,103,128)(H,104,121)(H,105,129)(H,106,131)(H,107,122)(H,108,127)(H,109,130)(H,110,123)(H,111,126)(H,112,125)(H,113,124)(H,135,136)(H4,94,95,99)(H4,96,97,100)/t56-,57-,58+,60-,61-,62-,63-,64-,65-,66-,67-,68-,69-,70-,73-,74-/m0/s1. The molecule has 28 N–H and O–H groups in total. The van der Waals surface area contributed by atoms with Gasteiger partial charge in [0.1, 0.15) is 90.6 Å². The molecule has 4 rings (SSSR count). The summed E-state index contributed by atoms with van der Waals surface area (Å²) in [5.74, 6) is -15.7. The molecule has 774 valence electrons. The van der Waals surface area contributed by atoms with Crippen LogP contribution in [0.3, 0.4) is 0 Å². The second-order valence-corrected chi connectivity index (χ2v) is 37.6. The van der Waals surface area contributed by atoms with Crippen molar-refractivity contribution >= 4 is 124 Å². The summed E-state index contributed by atoms with van der Waals surface area (Å²) in [6.07, 6.45) is 21.5. The quantitative estimate of drug-likeness (QED) is 0.0200. The lowest BCUT2D eigenvalue weighted by atomic mass is 10.0. The molecule has 0 radical (unpaired) electrons. The van der Waals surface area contributed by atoms with Crippen molar-refractivity contribution < 1.29 is 96.8 Å². The number of hydrogen-bond donors (Lipinski definition) is 22. The fourth-order valence-electron chi connectivity index (χ4n) is 16.6. The van der Waals surface area contributed by atoms with Gasteiger partial charge in [0, 0.05) is 63.9 Å².